The normalized spacial score (nSPS) is 10.9. The topological polar surface area (TPSA) is 73.1 Å². The molecule has 1 heterocycles. The number of nitrogens with zero attached hydrogens (tertiary/aromatic N) is 2. The molecule has 0 fully saturated rings. The highest BCUT2D eigenvalue weighted by Crippen LogP contribution is 2.28. The Bertz CT molecular complexity index is 363. The lowest BCUT2D eigenvalue weighted by Gasteiger charge is -2.15. The molecule has 0 aliphatic rings. The third-order valence-corrected chi connectivity index (χ3v) is 2.06. The molecular weight excluding hydrogens is 204 g/mol. The smallest absolute Gasteiger partial charge is 0.242 e. The van der Waals surface area contributed by atoms with Crippen LogP contribution in [-0.2, 0) is 0 Å². The van der Waals surface area contributed by atoms with Crippen molar-refractivity contribution in [2.75, 3.05) is 18.2 Å². The van der Waals surface area contributed by atoms with Crippen molar-refractivity contribution in [3.05, 3.63) is 5.82 Å². The molecule has 0 bridgehead atoms. The maximum atomic E-state index is 5.90. The third-order valence-electron chi connectivity index (χ3n) is 2.06. The minimum absolute atomic E-state index is 0.238. The monoisotopic (exact) mass is 224 g/mol. The van der Waals surface area contributed by atoms with Crippen molar-refractivity contribution in [1.29, 1.82) is 0 Å². The number of anilines is 2. The second-order valence-electron chi connectivity index (χ2n) is 4.31. The zero-order valence-corrected chi connectivity index (χ0v) is 10.5. The first-order valence-corrected chi connectivity index (χ1v) is 5.43. The van der Waals surface area contributed by atoms with Crippen molar-refractivity contribution >= 4 is 11.5 Å². The van der Waals surface area contributed by atoms with Gasteiger partial charge in [-0.1, -0.05) is 13.8 Å². The van der Waals surface area contributed by atoms with E-state index in [1.54, 1.807) is 7.11 Å². The highest BCUT2D eigenvalue weighted by molar-refractivity contribution is 5.67. The molecule has 1 aromatic heterocycles. The first kappa shape index (κ1) is 12.5. The average Bonchev–Trinajstić information content (AvgIpc) is 2.20. The van der Waals surface area contributed by atoms with Crippen molar-refractivity contribution in [2.24, 2.45) is 0 Å². The van der Waals surface area contributed by atoms with E-state index in [-0.39, 0.29) is 12.0 Å². The SMILES string of the molecule is COc1nc(C(C)C)nc(NC(C)C)c1N. The summed E-state index contributed by atoms with van der Waals surface area (Å²) in [5.74, 6) is 2.05. The lowest BCUT2D eigenvalue weighted by Crippen LogP contribution is -2.15. The summed E-state index contributed by atoms with van der Waals surface area (Å²) in [6.45, 7) is 8.13. The van der Waals surface area contributed by atoms with Gasteiger partial charge in [0.1, 0.15) is 11.5 Å². The Labute approximate surface area is 96.4 Å². The fourth-order valence-electron chi connectivity index (χ4n) is 1.26. The van der Waals surface area contributed by atoms with Gasteiger partial charge in [0.25, 0.3) is 0 Å². The molecule has 0 atom stereocenters. The molecule has 0 saturated carbocycles. The van der Waals surface area contributed by atoms with E-state index in [0.717, 1.165) is 5.82 Å². The summed E-state index contributed by atoms with van der Waals surface area (Å²) in [6.07, 6.45) is 0. The van der Waals surface area contributed by atoms with Crippen LogP contribution in [-0.4, -0.2) is 23.1 Å². The molecule has 0 spiro atoms. The molecule has 0 radical (unpaired) electrons. The summed E-state index contributed by atoms with van der Waals surface area (Å²) in [7, 11) is 1.56. The van der Waals surface area contributed by atoms with Gasteiger partial charge in [0.15, 0.2) is 5.82 Å². The van der Waals surface area contributed by atoms with Crippen LogP contribution in [0.5, 0.6) is 5.88 Å². The molecule has 1 rings (SSSR count). The Morgan fingerprint density at radius 2 is 1.81 bits per heavy atom. The number of nitrogen functional groups attached to an aromatic ring is 1. The molecule has 0 amide bonds. The van der Waals surface area contributed by atoms with Crippen molar-refractivity contribution in [2.45, 2.75) is 39.7 Å². The van der Waals surface area contributed by atoms with Gasteiger partial charge in [-0.15, -0.1) is 0 Å². The zero-order chi connectivity index (χ0) is 12.3. The Hall–Kier alpha value is -1.52. The van der Waals surface area contributed by atoms with Crippen molar-refractivity contribution < 1.29 is 4.74 Å². The van der Waals surface area contributed by atoms with Crippen molar-refractivity contribution in [1.82, 2.24) is 9.97 Å². The maximum absolute atomic E-state index is 5.90. The van der Waals surface area contributed by atoms with Crippen molar-refractivity contribution in [3.8, 4) is 5.88 Å². The Balaban J connectivity index is 3.19. The van der Waals surface area contributed by atoms with E-state index in [1.165, 1.54) is 0 Å². The quantitative estimate of drug-likeness (QED) is 0.818. The Morgan fingerprint density at radius 1 is 1.19 bits per heavy atom. The lowest BCUT2D eigenvalue weighted by atomic mass is 10.2. The molecule has 0 aromatic carbocycles. The standard InChI is InChI=1S/C11H20N4O/c1-6(2)9-14-10(13-7(3)4)8(12)11(15-9)16-5/h6-7H,12H2,1-5H3,(H,13,14,15). The Kier molecular flexibility index (Phi) is 3.93. The van der Waals surface area contributed by atoms with Gasteiger partial charge < -0.3 is 15.8 Å². The van der Waals surface area contributed by atoms with E-state index >= 15 is 0 Å². The van der Waals surface area contributed by atoms with Crippen molar-refractivity contribution in [3.63, 3.8) is 0 Å². The minimum atomic E-state index is 0.238. The fourth-order valence-corrected chi connectivity index (χ4v) is 1.26. The number of hydrogen-bond donors (Lipinski definition) is 2. The second kappa shape index (κ2) is 5.01. The van der Waals surface area contributed by atoms with Crippen LogP contribution < -0.4 is 15.8 Å². The van der Waals surface area contributed by atoms with Gasteiger partial charge in [0.2, 0.25) is 5.88 Å². The number of rotatable bonds is 4. The van der Waals surface area contributed by atoms with Gasteiger partial charge in [0.05, 0.1) is 7.11 Å². The summed E-state index contributed by atoms with van der Waals surface area (Å²) in [5.41, 5.74) is 6.36. The van der Waals surface area contributed by atoms with Gasteiger partial charge in [-0.25, -0.2) is 4.98 Å². The molecular formula is C11H20N4O. The number of nitrogens with two attached hydrogens (primary N) is 1. The van der Waals surface area contributed by atoms with Gasteiger partial charge in [-0.2, -0.15) is 4.98 Å². The van der Waals surface area contributed by atoms with Crippen LogP contribution in [0.2, 0.25) is 0 Å². The van der Waals surface area contributed by atoms with E-state index in [9.17, 15) is 0 Å². The van der Waals surface area contributed by atoms with E-state index in [4.69, 9.17) is 10.5 Å². The van der Waals surface area contributed by atoms with Crippen LogP contribution in [0.3, 0.4) is 0 Å². The maximum Gasteiger partial charge on any atom is 0.242 e. The molecule has 0 saturated heterocycles. The van der Waals surface area contributed by atoms with Crippen LogP contribution >= 0.6 is 0 Å². The molecule has 16 heavy (non-hydrogen) atoms. The van der Waals surface area contributed by atoms with Gasteiger partial charge >= 0.3 is 0 Å². The predicted octanol–water partition coefficient (Wildman–Crippen LogP) is 2.01. The summed E-state index contributed by atoms with van der Waals surface area (Å²) in [5, 5.41) is 3.19. The average molecular weight is 224 g/mol. The van der Waals surface area contributed by atoms with Gasteiger partial charge in [-0.3, -0.25) is 0 Å². The zero-order valence-electron chi connectivity index (χ0n) is 10.5. The van der Waals surface area contributed by atoms with Gasteiger partial charge in [-0.05, 0) is 13.8 Å². The van der Waals surface area contributed by atoms with Crippen LogP contribution in [0.25, 0.3) is 0 Å². The highest BCUT2D eigenvalue weighted by atomic mass is 16.5. The first-order valence-electron chi connectivity index (χ1n) is 5.43. The highest BCUT2D eigenvalue weighted by Gasteiger charge is 2.14. The number of aromatic nitrogens is 2. The molecule has 3 N–H and O–H groups in total. The molecule has 5 heteroatoms. The van der Waals surface area contributed by atoms with Gasteiger partial charge in [0, 0.05) is 12.0 Å². The summed E-state index contributed by atoms with van der Waals surface area (Å²) >= 11 is 0. The van der Waals surface area contributed by atoms with E-state index in [2.05, 4.69) is 15.3 Å². The van der Waals surface area contributed by atoms with E-state index in [0.29, 0.717) is 17.4 Å². The summed E-state index contributed by atoms with van der Waals surface area (Å²) in [6, 6.07) is 0.266. The summed E-state index contributed by atoms with van der Waals surface area (Å²) in [4.78, 5) is 8.65. The number of hydrogen-bond acceptors (Lipinski definition) is 5. The van der Waals surface area contributed by atoms with Crippen LogP contribution in [0.4, 0.5) is 11.5 Å². The van der Waals surface area contributed by atoms with Crippen LogP contribution in [0.1, 0.15) is 39.4 Å². The molecule has 1 aromatic rings. The summed E-state index contributed by atoms with van der Waals surface area (Å²) < 4.78 is 5.14. The molecule has 90 valence electrons. The first-order chi connectivity index (χ1) is 7.45. The molecule has 0 unspecified atom stereocenters. The van der Waals surface area contributed by atoms with E-state index < -0.39 is 0 Å². The third kappa shape index (κ3) is 2.74. The van der Waals surface area contributed by atoms with Crippen LogP contribution in [0, 0.1) is 0 Å². The predicted molar refractivity (Wildman–Crippen MR) is 65.8 cm³/mol. The number of methoxy groups -OCH3 is 1. The molecule has 0 aliphatic heterocycles. The lowest BCUT2D eigenvalue weighted by molar-refractivity contribution is 0.396. The number of ether oxygens (including phenoxy) is 1. The number of nitrogens with one attached hydrogen (secondary N) is 1. The largest absolute Gasteiger partial charge is 0.479 e. The second-order valence-corrected chi connectivity index (χ2v) is 4.31. The van der Waals surface area contributed by atoms with Crippen LogP contribution in [0.15, 0.2) is 0 Å². The molecule has 5 nitrogen and oxygen atoms in total. The molecule has 0 aliphatic carbocycles. The fraction of sp³-hybridized carbons (Fsp3) is 0.636. The Morgan fingerprint density at radius 3 is 2.25 bits per heavy atom. The minimum Gasteiger partial charge on any atom is -0.479 e. The van der Waals surface area contributed by atoms with E-state index in [1.807, 2.05) is 27.7 Å².